The summed E-state index contributed by atoms with van der Waals surface area (Å²) in [6, 6.07) is 0.345. The van der Waals surface area contributed by atoms with Crippen molar-refractivity contribution >= 4 is 0 Å². The van der Waals surface area contributed by atoms with Gasteiger partial charge in [-0.2, -0.15) is 0 Å². The molecule has 2 rings (SSSR count). The first-order valence-corrected chi connectivity index (χ1v) is 4.47. The summed E-state index contributed by atoms with van der Waals surface area (Å²) in [7, 11) is 0. The summed E-state index contributed by atoms with van der Waals surface area (Å²) in [5, 5.41) is 0. The molecule has 11 heavy (non-hydrogen) atoms. The molecule has 0 aromatic heterocycles. The Morgan fingerprint density at radius 1 is 1.55 bits per heavy atom. The van der Waals surface area contributed by atoms with Crippen LogP contribution in [0.15, 0.2) is 11.6 Å². The van der Waals surface area contributed by atoms with Gasteiger partial charge in [0.1, 0.15) is 0 Å². The lowest BCUT2D eigenvalue weighted by Crippen LogP contribution is -2.24. The first-order valence-electron chi connectivity index (χ1n) is 4.47. The van der Waals surface area contributed by atoms with Crippen molar-refractivity contribution in [2.24, 2.45) is 23.0 Å². The van der Waals surface area contributed by atoms with Crippen LogP contribution in [0.3, 0.4) is 0 Å². The van der Waals surface area contributed by atoms with Gasteiger partial charge in [-0.25, -0.2) is 0 Å². The number of allylic oxidation sites excluding steroid dienone is 1. The molecule has 0 bridgehead atoms. The van der Waals surface area contributed by atoms with E-state index in [2.05, 4.69) is 26.8 Å². The minimum Gasteiger partial charge on any atom is -0.324 e. The zero-order valence-electron chi connectivity index (χ0n) is 7.59. The maximum atomic E-state index is 5.95. The Hall–Kier alpha value is -0.300. The highest BCUT2D eigenvalue weighted by atomic mass is 14.7. The second-order valence-corrected chi connectivity index (χ2v) is 4.71. The molecule has 0 aromatic rings. The monoisotopic (exact) mass is 151 g/mol. The molecule has 0 aromatic carbocycles. The van der Waals surface area contributed by atoms with Gasteiger partial charge in [-0.15, -0.1) is 0 Å². The minimum atomic E-state index is 0.345. The molecule has 1 saturated carbocycles. The fourth-order valence-corrected chi connectivity index (χ4v) is 2.43. The molecular weight excluding hydrogens is 134 g/mol. The maximum absolute atomic E-state index is 5.95. The molecule has 0 amide bonds. The van der Waals surface area contributed by atoms with E-state index in [9.17, 15) is 0 Å². The predicted octanol–water partition coefficient (Wildman–Crippen LogP) is 1.94. The third kappa shape index (κ3) is 0.871. The van der Waals surface area contributed by atoms with Gasteiger partial charge in [0, 0.05) is 6.04 Å². The van der Waals surface area contributed by atoms with Gasteiger partial charge in [0.25, 0.3) is 0 Å². The highest BCUT2D eigenvalue weighted by Gasteiger charge is 2.57. The molecule has 0 radical (unpaired) electrons. The quantitative estimate of drug-likeness (QED) is 0.526. The number of fused-ring (bicyclic) bond motifs is 1. The van der Waals surface area contributed by atoms with Gasteiger partial charge >= 0.3 is 0 Å². The van der Waals surface area contributed by atoms with Crippen LogP contribution in [-0.4, -0.2) is 6.04 Å². The Morgan fingerprint density at radius 2 is 2.18 bits per heavy atom. The number of nitrogens with two attached hydrogens (primary N) is 1. The van der Waals surface area contributed by atoms with Crippen LogP contribution in [-0.2, 0) is 0 Å². The highest BCUT2D eigenvalue weighted by molar-refractivity contribution is 5.26. The molecule has 3 atom stereocenters. The first kappa shape index (κ1) is 7.35. The van der Waals surface area contributed by atoms with E-state index in [1.165, 1.54) is 12.0 Å². The van der Waals surface area contributed by atoms with Crippen molar-refractivity contribution in [3.05, 3.63) is 11.6 Å². The average molecular weight is 151 g/mol. The van der Waals surface area contributed by atoms with Gasteiger partial charge in [-0.3, -0.25) is 0 Å². The third-order valence-electron chi connectivity index (χ3n) is 3.67. The molecule has 62 valence electrons. The van der Waals surface area contributed by atoms with Crippen molar-refractivity contribution in [1.82, 2.24) is 0 Å². The molecule has 0 spiro atoms. The van der Waals surface area contributed by atoms with Crippen LogP contribution in [0.4, 0.5) is 0 Å². The lowest BCUT2D eigenvalue weighted by atomic mass is 9.96. The molecule has 2 aliphatic rings. The zero-order chi connectivity index (χ0) is 8.22. The van der Waals surface area contributed by atoms with Gasteiger partial charge in [-0.05, 0) is 30.6 Å². The Balaban J connectivity index is 2.22. The Morgan fingerprint density at radius 3 is 2.73 bits per heavy atom. The highest BCUT2D eigenvalue weighted by Crippen LogP contribution is 2.63. The number of hydrogen-bond acceptors (Lipinski definition) is 1. The zero-order valence-corrected chi connectivity index (χ0v) is 7.59. The molecule has 2 aliphatic carbocycles. The van der Waals surface area contributed by atoms with Crippen LogP contribution in [0.1, 0.15) is 27.2 Å². The fraction of sp³-hybridized carbons (Fsp3) is 0.800. The van der Waals surface area contributed by atoms with Gasteiger partial charge in [0.2, 0.25) is 0 Å². The van der Waals surface area contributed by atoms with Crippen LogP contribution in [0.25, 0.3) is 0 Å². The lowest BCUT2D eigenvalue weighted by molar-refractivity contribution is 0.507. The molecule has 0 aliphatic heterocycles. The van der Waals surface area contributed by atoms with Crippen molar-refractivity contribution in [1.29, 1.82) is 0 Å². The second-order valence-electron chi connectivity index (χ2n) is 4.71. The van der Waals surface area contributed by atoms with Gasteiger partial charge in [0.05, 0.1) is 0 Å². The van der Waals surface area contributed by atoms with E-state index >= 15 is 0 Å². The van der Waals surface area contributed by atoms with Crippen molar-refractivity contribution in [3.8, 4) is 0 Å². The predicted molar refractivity (Wildman–Crippen MR) is 47.1 cm³/mol. The van der Waals surface area contributed by atoms with Gasteiger partial charge < -0.3 is 5.73 Å². The lowest BCUT2D eigenvalue weighted by Gasteiger charge is -2.15. The molecule has 0 heterocycles. The second kappa shape index (κ2) is 1.89. The molecule has 1 heteroatoms. The van der Waals surface area contributed by atoms with Crippen LogP contribution in [0.2, 0.25) is 0 Å². The Kier molecular flexibility index (Phi) is 1.26. The van der Waals surface area contributed by atoms with E-state index in [1.54, 1.807) is 0 Å². The van der Waals surface area contributed by atoms with E-state index in [1.807, 2.05) is 0 Å². The average Bonchev–Trinajstić information content (AvgIpc) is 2.39. The summed E-state index contributed by atoms with van der Waals surface area (Å²) in [6.07, 6.45) is 3.60. The van der Waals surface area contributed by atoms with Crippen molar-refractivity contribution in [2.45, 2.75) is 33.2 Å². The van der Waals surface area contributed by atoms with Gasteiger partial charge in [-0.1, -0.05) is 25.5 Å². The van der Waals surface area contributed by atoms with Crippen LogP contribution >= 0.6 is 0 Å². The minimum absolute atomic E-state index is 0.345. The summed E-state index contributed by atoms with van der Waals surface area (Å²) in [5.41, 5.74) is 7.90. The topological polar surface area (TPSA) is 26.0 Å². The molecule has 1 fully saturated rings. The molecular formula is C10H17N. The van der Waals surface area contributed by atoms with Crippen LogP contribution < -0.4 is 5.73 Å². The van der Waals surface area contributed by atoms with E-state index in [4.69, 9.17) is 5.73 Å². The molecule has 1 nitrogen and oxygen atoms in total. The summed E-state index contributed by atoms with van der Waals surface area (Å²) in [5.74, 6) is 1.71. The van der Waals surface area contributed by atoms with Crippen molar-refractivity contribution < 1.29 is 0 Å². The van der Waals surface area contributed by atoms with Crippen molar-refractivity contribution in [2.75, 3.05) is 0 Å². The third-order valence-corrected chi connectivity index (χ3v) is 3.67. The first-order chi connectivity index (χ1) is 5.03. The van der Waals surface area contributed by atoms with E-state index in [-0.39, 0.29) is 0 Å². The molecule has 0 saturated heterocycles. The summed E-state index contributed by atoms with van der Waals surface area (Å²) in [4.78, 5) is 0. The normalized spacial score (nSPS) is 46.2. The summed E-state index contributed by atoms with van der Waals surface area (Å²) in [6.45, 7) is 6.86. The molecule has 2 N–H and O–H groups in total. The standard InChI is InChI=1S/C10H17N/c1-6-4-7-8(5-9(6)11)10(7,2)3/h4,7-9H,5,11H2,1-3H3/t7-,8+,9-/m1/s1. The van der Waals surface area contributed by atoms with E-state index in [0.717, 1.165) is 11.8 Å². The van der Waals surface area contributed by atoms with Gasteiger partial charge in [0.15, 0.2) is 0 Å². The Labute approximate surface area is 68.7 Å². The SMILES string of the molecule is CC1=C[C@@H]2[C@H](C[C@H]1N)C2(C)C. The molecule has 0 unspecified atom stereocenters. The summed E-state index contributed by atoms with van der Waals surface area (Å²) >= 11 is 0. The number of hydrogen-bond donors (Lipinski definition) is 1. The Bertz CT molecular complexity index is 215. The van der Waals surface area contributed by atoms with Crippen LogP contribution in [0, 0.1) is 17.3 Å². The van der Waals surface area contributed by atoms with Crippen molar-refractivity contribution in [3.63, 3.8) is 0 Å². The van der Waals surface area contributed by atoms with Crippen LogP contribution in [0.5, 0.6) is 0 Å². The number of rotatable bonds is 0. The van der Waals surface area contributed by atoms with E-state index < -0.39 is 0 Å². The smallest absolute Gasteiger partial charge is 0.0254 e. The summed E-state index contributed by atoms with van der Waals surface area (Å²) < 4.78 is 0. The van der Waals surface area contributed by atoms with E-state index in [0.29, 0.717) is 11.5 Å². The maximum Gasteiger partial charge on any atom is 0.0254 e. The fourth-order valence-electron chi connectivity index (χ4n) is 2.43. The largest absolute Gasteiger partial charge is 0.324 e.